The molecule has 0 aliphatic carbocycles. The van der Waals surface area contributed by atoms with E-state index >= 15 is 0 Å². The minimum atomic E-state index is -0.344. The Kier molecular flexibility index (Phi) is 20.7. The van der Waals surface area contributed by atoms with Crippen molar-refractivity contribution in [3.8, 4) is 103 Å². The third-order valence-electron chi connectivity index (χ3n) is 25.9. The first-order chi connectivity index (χ1) is 54.5. The van der Waals surface area contributed by atoms with Crippen molar-refractivity contribution in [2.75, 3.05) is 168 Å². The highest BCUT2D eigenvalue weighted by Crippen LogP contribution is 2.66. The van der Waals surface area contributed by atoms with E-state index in [1.54, 1.807) is 121 Å². The summed E-state index contributed by atoms with van der Waals surface area (Å²) in [6.45, 7) is 13.5. The van der Waals surface area contributed by atoms with Gasteiger partial charge in [-0.15, -0.1) is 0 Å². The second-order valence-corrected chi connectivity index (χ2v) is 30.3. The number of fused-ring (bicyclic) bond motifs is 23. The van der Waals surface area contributed by atoms with E-state index in [0.717, 1.165) is 172 Å². The van der Waals surface area contributed by atoms with Crippen molar-refractivity contribution in [1.29, 1.82) is 0 Å². The quantitative estimate of drug-likeness (QED) is 0.0813. The van der Waals surface area contributed by atoms with Crippen LogP contribution in [0.5, 0.6) is 103 Å². The Morgan fingerprint density at radius 3 is 0.991 bits per heavy atom. The molecule has 608 valence electrons. The summed E-state index contributed by atoms with van der Waals surface area (Å²) in [5.74, 6) is 12.2. The van der Waals surface area contributed by atoms with Gasteiger partial charge in [-0.1, -0.05) is 0 Å². The fourth-order valence-electron chi connectivity index (χ4n) is 21.4. The summed E-state index contributed by atoms with van der Waals surface area (Å²) in [7, 11) is 34.9. The highest BCUT2D eigenvalue weighted by atomic mass is 16.6. The number of phenols is 1. The number of piperazine rings is 3. The third kappa shape index (κ3) is 10.8. The van der Waals surface area contributed by atoms with Crippen LogP contribution in [0.2, 0.25) is 0 Å². The van der Waals surface area contributed by atoms with E-state index in [1.807, 2.05) is 41.5 Å². The van der Waals surface area contributed by atoms with Gasteiger partial charge in [-0.3, -0.25) is 14.7 Å². The van der Waals surface area contributed by atoms with Crippen molar-refractivity contribution in [3.05, 3.63) is 117 Å². The second kappa shape index (κ2) is 29.8. The Balaban J connectivity index is 0.000000134. The predicted octanol–water partition coefficient (Wildman–Crippen LogP) is 11.4. The number of rotatable bonds is 18. The number of nitrogens with zero attached hydrogens (tertiary/aromatic N) is 6. The number of hydrogen-bond donors (Lipinski definition) is 2. The molecule has 11 atom stereocenters. The monoisotopic (exact) mass is 1560 g/mol. The minimum absolute atomic E-state index is 0.0474. The predicted molar refractivity (Wildman–Crippen MR) is 423 cm³/mol. The molecular weight excluding hydrogens is 1450 g/mol. The zero-order valence-corrected chi connectivity index (χ0v) is 69.9. The molecule has 113 heavy (non-hydrogen) atoms. The van der Waals surface area contributed by atoms with Crippen molar-refractivity contribution in [2.24, 2.45) is 0 Å². The van der Waals surface area contributed by atoms with Gasteiger partial charge in [0.25, 0.3) is 0 Å². The van der Waals surface area contributed by atoms with Gasteiger partial charge in [-0.05, 0) is 100 Å². The molecule has 0 saturated carbocycles. The zero-order valence-electron chi connectivity index (χ0n) is 69.9. The highest BCUT2D eigenvalue weighted by molar-refractivity contribution is 5.82. The van der Waals surface area contributed by atoms with Gasteiger partial charge in [0.1, 0.15) is 47.0 Å². The van der Waals surface area contributed by atoms with Crippen LogP contribution in [-0.4, -0.2) is 239 Å². The summed E-state index contributed by atoms with van der Waals surface area (Å²) in [5.41, 5.74) is 20.3. The van der Waals surface area contributed by atoms with Crippen LogP contribution in [0.15, 0.2) is 17.1 Å². The number of aliphatic hydroxyl groups is 1. The lowest BCUT2D eigenvalue weighted by molar-refractivity contribution is -0.0729. The molecule has 5 fully saturated rings. The van der Waals surface area contributed by atoms with Crippen LogP contribution in [0.3, 0.4) is 0 Å². The van der Waals surface area contributed by atoms with Crippen LogP contribution in [0, 0.1) is 41.5 Å². The smallest absolute Gasteiger partial charge is 0.167 e. The van der Waals surface area contributed by atoms with Gasteiger partial charge >= 0.3 is 0 Å². The van der Waals surface area contributed by atoms with E-state index in [-0.39, 0.29) is 79.2 Å². The van der Waals surface area contributed by atoms with Gasteiger partial charge in [0, 0.05) is 130 Å². The van der Waals surface area contributed by atoms with E-state index in [0.29, 0.717) is 82.0 Å². The van der Waals surface area contributed by atoms with Crippen LogP contribution in [0.4, 0.5) is 0 Å². The summed E-state index contributed by atoms with van der Waals surface area (Å²) in [5, 5.41) is 22.2. The van der Waals surface area contributed by atoms with Gasteiger partial charge in [0.05, 0.1) is 189 Å². The topological polar surface area (TPSA) is 235 Å². The summed E-state index contributed by atoms with van der Waals surface area (Å²) < 4.78 is 114. The van der Waals surface area contributed by atoms with E-state index in [9.17, 15) is 10.2 Å². The van der Waals surface area contributed by atoms with E-state index in [2.05, 4.69) is 68.8 Å². The molecule has 2 unspecified atom stereocenters. The number of benzene rings is 6. The summed E-state index contributed by atoms with van der Waals surface area (Å²) in [4.78, 5) is 14.2. The molecule has 5 saturated heterocycles. The lowest BCUT2D eigenvalue weighted by Gasteiger charge is -2.55. The fourth-order valence-corrected chi connectivity index (χ4v) is 21.4. The molecule has 2 N–H and O–H groups in total. The lowest BCUT2D eigenvalue weighted by atomic mass is 9.77. The van der Waals surface area contributed by atoms with Gasteiger partial charge in [0.2, 0.25) is 0 Å². The normalized spacial score (nSPS) is 23.8. The largest absolute Gasteiger partial charge is 0.507 e. The standard InChI is InChI=1S/C29H36N2O7.C29H38N2O7.C28H34N2O7/c1-13-23(32-4)15-10-17-22-21-16(24(33-5)14(2)26(35-7)28(21)37-9)11-18(30(22)3)29-31(17)19(12-38-29)20(15)27(36-8)25(13)34-6;1-14-24(33-4)17-10-16-12-31-19(23(30(16)3)22(17)29(38-9)27(14)36-7)11-18-21(20(31)13-32)28(37-8)26(35-6)15(2)25(18)34-5;1-12-22(31)14-9-16-21-20-15(23(32-4)13(2)25(34-6)27(20)36-8)10-17(29(21)3)28-30(16)18(11-37-28)19(14)26(35-7)24(12)33-5/h10,18-19,22,29H,11-12H2,1-9H3;11,16,20,23,32H,10,12-13H2,1-9H3;9,17-18,21,28,31H,10-11H2,1-8H3/t18-,19-,22-,29?;16-,20-,23-;17-,18-,21-,28?/m000/s1. The van der Waals surface area contributed by atoms with Crippen molar-refractivity contribution >= 4 is 18.2 Å². The number of likely N-dealkylation sites (N-methyl/N-ethyl adjacent to an activating group) is 3. The molecule has 11 heterocycles. The van der Waals surface area contributed by atoms with E-state index < -0.39 is 0 Å². The van der Waals surface area contributed by atoms with Crippen LogP contribution in [0.25, 0.3) is 18.2 Å². The Bertz CT molecular complexity index is 4890. The van der Waals surface area contributed by atoms with Crippen LogP contribution < -0.4 is 80.5 Å². The first kappa shape index (κ1) is 78.4. The van der Waals surface area contributed by atoms with Gasteiger partial charge in [-0.25, -0.2) is 0 Å². The number of methoxy groups -OCH3 is 17. The van der Waals surface area contributed by atoms with Crippen molar-refractivity contribution in [3.63, 3.8) is 0 Å². The Morgan fingerprint density at radius 1 is 0.336 bits per heavy atom. The van der Waals surface area contributed by atoms with Crippen LogP contribution in [-0.2, 0) is 28.7 Å². The molecule has 11 aliphatic rings. The number of phenolic OH excluding ortho intramolecular Hbond substituents is 1. The Hall–Kier alpha value is -9.90. The fraction of sp³-hybridized carbons (Fsp3) is 0.512. The maximum Gasteiger partial charge on any atom is 0.167 e. The van der Waals surface area contributed by atoms with Gasteiger partial charge < -0.3 is 115 Å². The molecule has 17 rings (SSSR count). The van der Waals surface area contributed by atoms with E-state index in [1.165, 1.54) is 0 Å². The molecule has 27 nitrogen and oxygen atoms in total. The SMILES string of the molecule is COc1c(C)c(OC)c(OC)c2c1C=C1[C@H]3c4c(c(OC)c(C)c(OC)c4OC)C[C@@H](C4OC[C@@H]2N14)N3C.COc1c(C)c(OC)c(OC)c2c1C=C1[C@H]3c4c(c(OC)c(C)c(OC)c4OC)C[C@@H](CN1[C@H]2CO)N3C.COc1c(C)c(OC)c(OC)c2c1C[C@H]1C3OC[C@H]4c5c(c(O)c(C)c(OC)c5OC)C=C([C@@H]2N1C)N34. The van der Waals surface area contributed by atoms with Gasteiger partial charge in [0.15, 0.2) is 69.0 Å². The van der Waals surface area contributed by atoms with Crippen LogP contribution >= 0.6 is 0 Å². The molecule has 0 aromatic heterocycles. The van der Waals surface area contributed by atoms with Gasteiger partial charge in [-0.2, -0.15) is 0 Å². The van der Waals surface area contributed by atoms with Crippen LogP contribution in [0.1, 0.15) is 136 Å². The number of hydrogen-bond acceptors (Lipinski definition) is 27. The molecule has 27 heteroatoms. The average Bonchev–Trinajstić information content (AvgIpc) is 1.67. The Labute approximate surface area is 661 Å². The summed E-state index contributed by atoms with van der Waals surface area (Å²) in [6.07, 6.45) is 8.44. The summed E-state index contributed by atoms with van der Waals surface area (Å²) >= 11 is 0. The minimum Gasteiger partial charge on any atom is -0.507 e. The van der Waals surface area contributed by atoms with Crippen molar-refractivity contribution in [1.82, 2.24) is 29.4 Å². The number of aromatic hydroxyl groups is 1. The van der Waals surface area contributed by atoms with Crippen molar-refractivity contribution < 1.29 is 100 Å². The molecule has 0 amide bonds. The molecule has 11 aliphatic heterocycles. The molecule has 0 radical (unpaired) electrons. The average molecular weight is 1560 g/mol. The summed E-state index contributed by atoms with van der Waals surface area (Å²) in [6, 6.07) is -0.554. The molecular formula is C86H108N6O21. The number of aliphatic hydroxyl groups excluding tert-OH is 1. The first-order valence-corrected chi connectivity index (χ1v) is 38.1. The zero-order chi connectivity index (χ0) is 80.8. The van der Waals surface area contributed by atoms with Crippen molar-refractivity contribution in [2.45, 2.75) is 128 Å². The van der Waals surface area contributed by atoms with E-state index in [4.69, 9.17) is 90.0 Å². The molecule has 6 aromatic rings. The lowest BCUT2D eigenvalue weighted by Crippen LogP contribution is -2.60. The maximum absolute atomic E-state index is 11.4. The highest BCUT2D eigenvalue weighted by Gasteiger charge is 2.60. The first-order valence-electron chi connectivity index (χ1n) is 38.1. The maximum atomic E-state index is 11.4. The Morgan fingerprint density at radius 2 is 0.628 bits per heavy atom. The molecule has 0 spiro atoms. The molecule has 6 bridgehead atoms. The molecule has 6 aromatic carbocycles. The third-order valence-corrected chi connectivity index (χ3v) is 25.9. The number of ether oxygens (including phenoxy) is 19. The second-order valence-electron chi connectivity index (χ2n) is 30.3.